The molecule has 1 aliphatic rings. The highest BCUT2D eigenvalue weighted by atomic mass is 35.5. The third-order valence-electron chi connectivity index (χ3n) is 4.23. The molecule has 0 saturated carbocycles. The van der Waals surface area contributed by atoms with Crippen molar-refractivity contribution >= 4 is 11.6 Å². The molecule has 0 radical (unpaired) electrons. The number of nitrogens with zero attached hydrogens (tertiary/aromatic N) is 1. The highest BCUT2D eigenvalue weighted by Crippen LogP contribution is 2.25. The van der Waals surface area contributed by atoms with E-state index < -0.39 is 6.10 Å². The second kappa shape index (κ2) is 9.45. The second-order valence-electron chi connectivity index (χ2n) is 6.03. The maximum Gasteiger partial charge on any atom is 0.137 e. The summed E-state index contributed by atoms with van der Waals surface area (Å²) in [5, 5.41) is 14.0. The Hall–Kier alpha value is -0.850. The predicted molar refractivity (Wildman–Crippen MR) is 92.2 cm³/mol. The van der Waals surface area contributed by atoms with Crippen LogP contribution in [0.15, 0.2) is 18.2 Å². The molecule has 1 atom stereocenters. The molecule has 6 heteroatoms. The number of rotatable bonds is 8. The monoisotopic (exact) mass is 342 g/mol. The van der Waals surface area contributed by atoms with Gasteiger partial charge in [0, 0.05) is 26.2 Å². The summed E-state index contributed by atoms with van der Waals surface area (Å²) >= 11 is 6.15. The minimum absolute atomic E-state index is 0.397. The summed E-state index contributed by atoms with van der Waals surface area (Å²) in [5.41, 5.74) is 1.16. The highest BCUT2D eigenvalue weighted by Gasteiger charge is 2.20. The molecule has 5 nitrogen and oxygen atoms in total. The molecule has 1 saturated heterocycles. The Bertz CT molecular complexity index is 479. The van der Waals surface area contributed by atoms with Crippen LogP contribution in [0, 0.1) is 0 Å². The summed E-state index contributed by atoms with van der Waals surface area (Å²) in [5.74, 6) is 0.707. The van der Waals surface area contributed by atoms with Crippen molar-refractivity contribution < 1.29 is 14.6 Å². The first-order chi connectivity index (χ1) is 11.1. The lowest BCUT2D eigenvalue weighted by Crippen LogP contribution is -2.45. The van der Waals surface area contributed by atoms with Crippen LogP contribution in [0.4, 0.5) is 0 Å². The summed E-state index contributed by atoms with van der Waals surface area (Å²) in [4.78, 5) is 2.30. The fourth-order valence-corrected chi connectivity index (χ4v) is 3.23. The van der Waals surface area contributed by atoms with Crippen LogP contribution < -0.4 is 10.1 Å². The van der Waals surface area contributed by atoms with Crippen molar-refractivity contribution in [2.75, 3.05) is 40.5 Å². The number of piperidine rings is 1. The molecule has 23 heavy (non-hydrogen) atoms. The van der Waals surface area contributed by atoms with E-state index in [9.17, 15) is 5.11 Å². The maximum absolute atomic E-state index is 9.78. The van der Waals surface area contributed by atoms with Gasteiger partial charge in [-0.15, -0.1) is 0 Å². The van der Waals surface area contributed by atoms with E-state index in [-0.39, 0.29) is 0 Å². The van der Waals surface area contributed by atoms with Gasteiger partial charge in [0.05, 0.1) is 24.8 Å². The summed E-state index contributed by atoms with van der Waals surface area (Å²) in [6.45, 7) is 3.90. The van der Waals surface area contributed by atoms with E-state index in [0.717, 1.165) is 38.0 Å². The first-order valence-corrected chi connectivity index (χ1v) is 8.45. The Morgan fingerprint density at radius 2 is 2.09 bits per heavy atom. The Morgan fingerprint density at radius 3 is 2.70 bits per heavy atom. The molecule has 1 unspecified atom stereocenters. The number of hydrogen-bond donors (Lipinski definition) is 2. The molecule has 0 bridgehead atoms. The van der Waals surface area contributed by atoms with E-state index in [0.29, 0.717) is 30.0 Å². The SMILES string of the molecule is COCC(O)CN1CCC(NCc2ccc(OC)c(Cl)c2)CC1. The van der Waals surface area contributed by atoms with Crippen LogP contribution in [0.3, 0.4) is 0 Å². The number of nitrogens with one attached hydrogen (secondary N) is 1. The number of ether oxygens (including phenoxy) is 2. The summed E-state index contributed by atoms with van der Waals surface area (Å²) in [6.07, 6.45) is 1.78. The van der Waals surface area contributed by atoms with Gasteiger partial charge in [0.1, 0.15) is 5.75 Å². The van der Waals surface area contributed by atoms with Crippen molar-refractivity contribution in [2.24, 2.45) is 0 Å². The number of hydrogen-bond acceptors (Lipinski definition) is 5. The minimum atomic E-state index is -0.397. The number of benzene rings is 1. The molecule has 2 N–H and O–H groups in total. The molecule has 1 aliphatic heterocycles. The molecule has 0 spiro atoms. The molecule has 0 amide bonds. The van der Waals surface area contributed by atoms with Crippen molar-refractivity contribution in [1.82, 2.24) is 10.2 Å². The molecular formula is C17H27ClN2O3. The normalized spacial score (nSPS) is 18.1. The average Bonchev–Trinajstić information content (AvgIpc) is 2.54. The van der Waals surface area contributed by atoms with Crippen LogP contribution >= 0.6 is 11.6 Å². The highest BCUT2D eigenvalue weighted by molar-refractivity contribution is 6.32. The van der Waals surface area contributed by atoms with E-state index in [1.54, 1.807) is 14.2 Å². The quantitative estimate of drug-likeness (QED) is 0.756. The molecule has 0 aromatic heterocycles. The van der Waals surface area contributed by atoms with Gasteiger partial charge in [-0.2, -0.15) is 0 Å². The van der Waals surface area contributed by atoms with Crippen molar-refractivity contribution in [2.45, 2.75) is 31.5 Å². The first kappa shape index (κ1) is 18.5. The molecular weight excluding hydrogens is 316 g/mol. The molecule has 1 aromatic carbocycles. The van der Waals surface area contributed by atoms with Crippen LogP contribution in [-0.2, 0) is 11.3 Å². The van der Waals surface area contributed by atoms with E-state index in [2.05, 4.69) is 10.2 Å². The number of likely N-dealkylation sites (tertiary alicyclic amines) is 1. The Labute approximate surface area is 143 Å². The Kier molecular flexibility index (Phi) is 7.59. The second-order valence-corrected chi connectivity index (χ2v) is 6.44. The molecule has 1 aromatic rings. The van der Waals surface area contributed by atoms with Gasteiger partial charge in [0.15, 0.2) is 0 Å². The van der Waals surface area contributed by atoms with Gasteiger partial charge >= 0.3 is 0 Å². The summed E-state index contributed by atoms with van der Waals surface area (Å²) < 4.78 is 10.1. The third kappa shape index (κ3) is 5.94. The van der Waals surface area contributed by atoms with Crippen molar-refractivity contribution in [1.29, 1.82) is 0 Å². The van der Waals surface area contributed by atoms with Gasteiger partial charge in [-0.1, -0.05) is 17.7 Å². The molecule has 2 rings (SSSR count). The largest absolute Gasteiger partial charge is 0.495 e. The van der Waals surface area contributed by atoms with Gasteiger partial charge in [-0.25, -0.2) is 0 Å². The lowest BCUT2D eigenvalue weighted by Gasteiger charge is -2.33. The number of methoxy groups -OCH3 is 2. The number of aliphatic hydroxyl groups is 1. The van der Waals surface area contributed by atoms with Crippen LogP contribution in [0.25, 0.3) is 0 Å². The van der Waals surface area contributed by atoms with Crippen molar-refractivity contribution in [3.05, 3.63) is 28.8 Å². The molecule has 130 valence electrons. The number of halogens is 1. The van der Waals surface area contributed by atoms with Crippen molar-refractivity contribution in [3.63, 3.8) is 0 Å². The zero-order valence-corrected chi connectivity index (χ0v) is 14.7. The van der Waals surface area contributed by atoms with Gasteiger partial charge < -0.3 is 24.8 Å². The third-order valence-corrected chi connectivity index (χ3v) is 4.52. The van der Waals surface area contributed by atoms with Crippen LogP contribution in [0.2, 0.25) is 5.02 Å². The van der Waals surface area contributed by atoms with Crippen LogP contribution in [0.1, 0.15) is 18.4 Å². The topological polar surface area (TPSA) is 54.0 Å². The first-order valence-electron chi connectivity index (χ1n) is 8.07. The van der Waals surface area contributed by atoms with Gasteiger partial charge in [0.2, 0.25) is 0 Å². The zero-order chi connectivity index (χ0) is 16.7. The van der Waals surface area contributed by atoms with Crippen molar-refractivity contribution in [3.8, 4) is 5.75 Å². The maximum atomic E-state index is 9.78. The number of β-amino-alcohol motifs (C(OH)–C–C–N with tert-alkyl or cyclic N) is 1. The van der Waals surface area contributed by atoms with Gasteiger partial charge in [-0.05, 0) is 43.6 Å². The number of aliphatic hydroxyl groups excluding tert-OH is 1. The van der Waals surface area contributed by atoms with Gasteiger partial charge in [0.25, 0.3) is 0 Å². The van der Waals surface area contributed by atoms with Crippen LogP contribution in [0.5, 0.6) is 5.75 Å². The molecule has 1 heterocycles. The van der Waals surface area contributed by atoms with E-state index in [4.69, 9.17) is 21.1 Å². The standard InChI is InChI=1S/C17H27ClN2O3/c1-22-12-15(21)11-20-7-5-14(6-8-20)19-10-13-3-4-17(23-2)16(18)9-13/h3-4,9,14-15,19,21H,5-8,10-12H2,1-2H3. The molecule has 1 fully saturated rings. The van der Waals surface area contributed by atoms with Crippen LogP contribution in [-0.4, -0.2) is 62.6 Å². The van der Waals surface area contributed by atoms with E-state index >= 15 is 0 Å². The fourth-order valence-electron chi connectivity index (χ4n) is 2.94. The Balaban J connectivity index is 1.71. The van der Waals surface area contributed by atoms with E-state index in [1.807, 2.05) is 18.2 Å². The predicted octanol–water partition coefficient (Wildman–Crippen LogP) is 1.91. The average molecular weight is 343 g/mol. The lowest BCUT2D eigenvalue weighted by atomic mass is 10.0. The minimum Gasteiger partial charge on any atom is -0.495 e. The smallest absolute Gasteiger partial charge is 0.137 e. The fraction of sp³-hybridized carbons (Fsp3) is 0.647. The van der Waals surface area contributed by atoms with E-state index in [1.165, 1.54) is 0 Å². The Morgan fingerprint density at radius 1 is 1.35 bits per heavy atom. The van der Waals surface area contributed by atoms with Gasteiger partial charge in [-0.3, -0.25) is 0 Å². The lowest BCUT2D eigenvalue weighted by molar-refractivity contribution is 0.0310. The zero-order valence-electron chi connectivity index (χ0n) is 13.9. The summed E-state index contributed by atoms with van der Waals surface area (Å²) in [7, 11) is 3.24. The molecule has 0 aliphatic carbocycles. The summed E-state index contributed by atoms with van der Waals surface area (Å²) in [6, 6.07) is 6.39.